The van der Waals surface area contributed by atoms with Crippen LogP contribution in [0.4, 0.5) is 13.2 Å². The van der Waals surface area contributed by atoms with Crippen LogP contribution in [0.3, 0.4) is 0 Å². The number of halogens is 3. The van der Waals surface area contributed by atoms with Gasteiger partial charge in [-0.15, -0.1) is 0 Å². The highest BCUT2D eigenvalue weighted by Crippen LogP contribution is 2.46. The summed E-state index contributed by atoms with van der Waals surface area (Å²) in [5.41, 5.74) is 8.68. The van der Waals surface area contributed by atoms with Crippen molar-refractivity contribution in [3.05, 3.63) is 142 Å². The fourth-order valence-electron chi connectivity index (χ4n) is 11.0. The maximum atomic E-state index is 14.3. The van der Waals surface area contributed by atoms with Gasteiger partial charge in [0.25, 0.3) is 0 Å². The third-order valence-electron chi connectivity index (χ3n) is 15.6. The number of ketones is 3. The zero-order valence-electron chi connectivity index (χ0n) is 49.6. The molecule has 0 aromatic heterocycles. The molecule has 6 aliphatic rings. The molecule has 3 heterocycles. The Morgan fingerprint density at radius 2 is 0.844 bits per heavy atom. The number of hydrogen-bond donors (Lipinski definition) is 7. The predicted molar refractivity (Wildman–Crippen MR) is 349 cm³/mol. The molecule has 9 rings (SSSR count). The molecular weight excluding hydrogens is 1280 g/mol. The second-order valence-corrected chi connectivity index (χ2v) is 30.5. The zero-order valence-corrected chi connectivity index (χ0v) is 54.5. The lowest BCUT2D eigenvalue weighted by Crippen LogP contribution is -2.50. The topological polar surface area (TPSA) is 285 Å². The largest absolute Gasteiger partial charge is 0.480 e. The van der Waals surface area contributed by atoms with E-state index in [1.807, 2.05) is 14.7 Å². The minimum atomic E-state index is -1.17. The van der Waals surface area contributed by atoms with Crippen molar-refractivity contribution in [3.8, 4) is 0 Å². The molecule has 488 valence electrons. The molecule has 6 fully saturated rings. The number of nitrogens with one attached hydrogen (secondary N) is 1. The van der Waals surface area contributed by atoms with E-state index in [1.54, 1.807) is 76.2 Å². The summed E-state index contributed by atoms with van der Waals surface area (Å²) in [6.45, 7) is 4.25. The van der Waals surface area contributed by atoms with Crippen molar-refractivity contribution in [1.29, 1.82) is 0 Å². The lowest BCUT2D eigenvalue weighted by atomic mass is 9.89. The Morgan fingerprint density at radius 1 is 0.522 bits per heavy atom. The van der Waals surface area contributed by atoms with E-state index >= 15 is 0 Å². The molecule has 0 bridgehead atoms. The van der Waals surface area contributed by atoms with Gasteiger partial charge in [0.15, 0.2) is 17.3 Å². The molecule has 3 saturated heterocycles. The predicted octanol–water partition coefficient (Wildman–Crippen LogP) is 8.96. The van der Waals surface area contributed by atoms with E-state index in [1.165, 1.54) is 74.4 Å². The third kappa shape index (κ3) is 21.8. The van der Waals surface area contributed by atoms with Crippen LogP contribution in [0.2, 0.25) is 0 Å². The molecule has 3 aliphatic carbocycles. The van der Waals surface area contributed by atoms with Gasteiger partial charge >= 0.3 is 23.9 Å². The van der Waals surface area contributed by atoms with E-state index in [4.69, 9.17) is 10.8 Å². The van der Waals surface area contributed by atoms with Crippen molar-refractivity contribution >= 4 is 112 Å². The summed E-state index contributed by atoms with van der Waals surface area (Å²) in [4.78, 5) is 102. The number of carboxylic acid groups (broad SMARTS) is 4. The van der Waals surface area contributed by atoms with E-state index in [0.717, 1.165) is 56.4 Å². The highest BCUT2D eigenvalue weighted by Gasteiger charge is 2.47. The summed E-state index contributed by atoms with van der Waals surface area (Å²) in [5, 5.41) is 48.6. The molecule has 1 amide bonds. The Morgan fingerprint density at radius 3 is 1.12 bits per heavy atom. The Bertz CT molecular complexity index is 3010. The van der Waals surface area contributed by atoms with Crippen molar-refractivity contribution in [1.82, 2.24) is 20.0 Å². The maximum Gasteiger partial charge on any atom is 0.328 e. The molecular formula is C63H76F3N5O13S6. The lowest BCUT2D eigenvalue weighted by molar-refractivity contribution is -0.140. The quantitative estimate of drug-likeness (QED) is 0.0194. The SMILES string of the molecule is CC(=O)N[C@@H](CSSC1CCN(Cc2ccccc2F)C(C(=O)C2CC2)/C1=C/C(=O)O)C(=O)O.NCCSSC1CCN(Cc2ccccc2F)C(C(=O)C2CC2)/C1=C/C(=O)O.O=C(O)/C=C1\C(SSCCO)CCN(Cc2ccccc2F)C1C(=O)C1CC1. The number of Topliss-reactive ketones (excluding diaryl/α,β-unsaturated/α-hetero) is 3. The Hall–Kier alpha value is -5.07. The second-order valence-electron chi connectivity index (χ2n) is 22.5. The number of likely N-dealkylation sites (tertiary alicyclic amines) is 3. The summed E-state index contributed by atoms with van der Waals surface area (Å²) < 4.78 is 42.7. The smallest absolute Gasteiger partial charge is 0.328 e. The first-order valence-electron chi connectivity index (χ1n) is 29.7. The number of nitrogens with zero attached hydrogens (tertiary/aromatic N) is 3. The Balaban J connectivity index is 0.000000193. The van der Waals surface area contributed by atoms with Gasteiger partial charge in [0.2, 0.25) is 5.91 Å². The number of carbonyl (C=O) groups is 8. The summed E-state index contributed by atoms with van der Waals surface area (Å²) in [6.07, 6.45) is 10.2. The number of nitrogens with two attached hydrogens (primary N) is 1. The second kappa shape index (κ2) is 35.8. The van der Waals surface area contributed by atoms with Gasteiger partial charge in [-0.25, -0.2) is 32.3 Å². The molecule has 0 spiro atoms. The maximum absolute atomic E-state index is 14.3. The molecule has 90 heavy (non-hydrogen) atoms. The molecule has 18 nitrogen and oxygen atoms in total. The van der Waals surface area contributed by atoms with Crippen molar-refractivity contribution in [2.75, 3.05) is 50.0 Å². The van der Waals surface area contributed by atoms with Gasteiger partial charge in [-0.05, 0) is 92.7 Å². The molecule has 7 atom stereocenters. The standard InChI is InChI=1S/C23H27FN2O6S2.C20H25FN2O3S2.C20H24FNO4S2/c1-13(27)25-18(23(31)32)12-33-34-19-8-9-26(11-15-4-2-3-5-17(15)24)21(16(19)10-20(28)29)22(30)14-6-7-14;21-16-4-2-1-3-14(16)12-23-9-7-17(28-27-10-8-22)15(11-18(24)25)19(23)20(26)13-5-6-13;21-16-4-2-1-3-14(16)12-22-8-7-17(28-27-10-9-23)15(11-18(24)25)19(22)20(26)13-5-6-13/h2-5,10,14,18-19,21H,6-9,11-12H2,1H3,(H,25,27)(H,28,29)(H,31,32);1-4,11,13,17,19H,5-10,12,22H2,(H,24,25);1-4,11,13,17,19,23H,5-10,12H2,(H,24,25)/b16-10+;2*15-11+/t18-,19?,21?;;/m0../s1. The summed E-state index contributed by atoms with van der Waals surface area (Å²) in [7, 11) is 8.70. The number of amides is 1. The average Bonchev–Trinajstić information content (AvgIpc) is 1.63. The van der Waals surface area contributed by atoms with Crippen LogP contribution in [0, 0.1) is 35.2 Å². The number of carboxylic acids is 4. The first-order chi connectivity index (χ1) is 43.2. The highest BCUT2D eigenvalue weighted by molar-refractivity contribution is 8.77. The van der Waals surface area contributed by atoms with Gasteiger partial charge in [0.05, 0.1) is 24.7 Å². The van der Waals surface area contributed by atoms with Crippen LogP contribution in [0.1, 0.15) is 81.4 Å². The van der Waals surface area contributed by atoms with E-state index in [9.17, 15) is 72.0 Å². The van der Waals surface area contributed by atoms with Crippen molar-refractivity contribution in [3.63, 3.8) is 0 Å². The molecule has 8 N–H and O–H groups in total. The monoisotopic (exact) mass is 1360 g/mol. The van der Waals surface area contributed by atoms with Crippen LogP contribution >= 0.6 is 64.8 Å². The number of aliphatic carboxylic acids is 4. The van der Waals surface area contributed by atoms with Crippen LogP contribution in [-0.2, 0) is 58.0 Å². The molecule has 3 aromatic rings. The number of aliphatic hydroxyl groups is 1. The first-order valence-corrected chi connectivity index (χ1v) is 36.9. The zero-order chi connectivity index (χ0) is 65.0. The van der Waals surface area contributed by atoms with Gasteiger partial charge in [0, 0.05) is 138 Å². The van der Waals surface area contributed by atoms with E-state index in [0.29, 0.717) is 91.1 Å². The molecule has 3 aromatic carbocycles. The number of benzene rings is 3. The van der Waals surface area contributed by atoms with Crippen LogP contribution in [0.5, 0.6) is 0 Å². The Kier molecular flexibility index (Phi) is 28.8. The molecule has 6 unspecified atom stereocenters. The lowest BCUT2D eigenvalue weighted by Gasteiger charge is -2.40. The highest BCUT2D eigenvalue weighted by atomic mass is 33.1. The molecule has 3 saturated carbocycles. The minimum Gasteiger partial charge on any atom is -0.480 e. The summed E-state index contributed by atoms with van der Waals surface area (Å²) in [6, 6.07) is 16.2. The van der Waals surface area contributed by atoms with Crippen molar-refractivity contribution in [2.24, 2.45) is 23.5 Å². The van der Waals surface area contributed by atoms with Crippen LogP contribution in [-0.4, -0.2) is 177 Å². The normalized spacial score (nSPS) is 23.8. The fourth-order valence-corrected chi connectivity index (χ4v) is 18.9. The number of carbonyl (C=O) groups excluding carboxylic acids is 4. The van der Waals surface area contributed by atoms with Crippen LogP contribution < -0.4 is 11.1 Å². The van der Waals surface area contributed by atoms with Crippen LogP contribution in [0.15, 0.2) is 108 Å². The molecule has 0 radical (unpaired) electrons. The summed E-state index contributed by atoms with van der Waals surface area (Å²) >= 11 is 0. The molecule has 27 heteroatoms. The fraction of sp³-hybridized carbons (Fsp3) is 0.492. The van der Waals surface area contributed by atoms with E-state index in [2.05, 4.69) is 5.32 Å². The number of piperidine rings is 3. The number of hydrogen-bond acceptors (Lipinski definition) is 19. The van der Waals surface area contributed by atoms with E-state index < -0.39 is 54.0 Å². The Labute approximate surface area is 545 Å². The van der Waals surface area contributed by atoms with E-state index in [-0.39, 0.29) is 93.8 Å². The van der Waals surface area contributed by atoms with Gasteiger partial charge in [-0.3, -0.25) is 33.9 Å². The van der Waals surface area contributed by atoms with Gasteiger partial charge in [-0.1, -0.05) is 119 Å². The minimum absolute atomic E-state index is 0.00856. The third-order valence-corrected chi connectivity index (χ3v) is 24.2. The van der Waals surface area contributed by atoms with Crippen molar-refractivity contribution < 1.29 is 77.1 Å². The van der Waals surface area contributed by atoms with Crippen molar-refractivity contribution in [2.45, 2.75) is 124 Å². The van der Waals surface area contributed by atoms with Gasteiger partial charge < -0.3 is 36.6 Å². The van der Waals surface area contributed by atoms with Gasteiger partial charge in [-0.2, -0.15) is 0 Å². The average molecular weight is 1360 g/mol. The van der Waals surface area contributed by atoms with Gasteiger partial charge in [0.1, 0.15) is 23.5 Å². The summed E-state index contributed by atoms with van der Waals surface area (Å²) in [5.74, 6) is -4.64. The number of aliphatic hydroxyl groups excluding tert-OH is 1. The van der Waals surface area contributed by atoms with Crippen LogP contribution in [0.25, 0.3) is 0 Å². The number of rotatable bonds is 29. The molecule has 3 aliphatic heterocycles. The first kappa shape index (κ1) is 72.4.